The van der Waals surface area contributed by atoms with Crippen LogP contribution in [0, 0.1) is 5.41 Å². The third-order valence-electron chi connectivity index (χ3n) is 1.14. The van der Waals surface area contributed by atoms with E-state index in [-0.39, 0.29) is 5.41 Å². The summed E-state index contributed by atoms with van der Waals surface area (Å²) >= 11 is 13.8. The minimum atomic E-state index is 0.250. The lowest BCUT2D eigenvalue weighted by atomic mass is 10.0. The van der Waals surface area contributed by atoms with Crippen LogP contribution in [0.25, 0.3) is 0 Å². The first-order valence-electron chi connectivity index (χ1n) is 2.47. The summed E-state index contributed by atoms with van der Waals surface area (Å²) in [6.45, 7) is 2.19. The van der Waals surface area contributed by atoms with E-state index in [9.17, 15) is 0 Å². The molecule has 0 heterocycles. The molecule has 0 unspecified atom stereocenters. The first-order valence-corrected chi connectivity index (χ1v) is 6.54. The normalized spacial score (nSPS) is 12.7. The van der Waals surface area contributed by atoms with Crippen LogP contribution in [-0.2, 0) is 0 Å². The van der Waals surface area contributed by atoms with Crippen LogP contribution in [0.15, 0.2) is 0 Å². The van der Waals surface area contributed by atoms with Crippen molar-refractivity contribution in [3.05, 3.63) is 0 Å². The molecule has 0 spiro atoms. The van der Waals surface area contributed by atoms with Gasteiger partial charge in [0.15, 0.2) is 0 Å². The lowest BCUT2D eigenvalue weighted by Crippen LogP contribution is -2.27. The standard InChI is InChI=1S/C5H8Br4/c1-5(2-6,3-7)4(8)9/h4H,2-3H2,1H3. The molecule has 0 aliphatic heterocycles. The number of halogens is 4. The molecule has 0 aromatic carbocycles. The molecule has 0 saturated heterocycles. The molecule has 4 heteroatoms. The molecule has 0 bridgehead atoms. The van der Waals surface area contributed by atoms with Crippen LogP contribution in [0.5, 0.6) is 0 Å². The van der Waals surface area contributed by atoms with Gasteiger partial charge in [-0.25, -0.2) is 0 Å². The van der Waals surface area contributed by atoms with E-state index in [1.165, 1.54) is 0 Å². The minimum absolute atomic E-state index is 0.250. The van der Waals surface area contributed by atoms with Gasteiger partial charge in [-0.3, -0.25) is 0 Å². The monoisotopic (exact) mass is 384 g/mol. The summed E-state index contributed by atoms with van der Waals surface area (Å²) in [6, 6.07) is 0. The zero-order valence-corrected chi connectivity index (χ0v) is 11.3. The molecule has 0 N–H and O–H groups in total. The van der Waals surface area contributed by atoms with Gasteiger partial charge >= 0.3 is 0 Å². The largest absolute Gasteiger partial charge is 0.0921 e. The Bertz CT molecular complexity index is 77.0. The predicted octanol–water partition coefficient (Wildman–Crippen LogP) is 3.90. The van der Waals surface area contributed by atoms with Gasteiger partial charge in [-0.15, -0.1) is 0 Å². The van der Waals surface area contributed by atoms with Crippen LogP contribution in [-0.4, -0.2) is 14.4 Å². The van der Waals surface area contributed by atoms with E-state index in [0.29, 0.717) is 3.74 Å². The second kappa shape index (κ2) is 4.73. The second-order valence-electron chi connectivity index (χ2n) is 2.22. The maximum absolute atomic E-state index is 3.47. The van der Waals surface area contributed by atoms with Crippen molar-refractivity contribution in [3.63, 3.8) is 0 Å². The minimum Gasteiger partial charge on any atom is -0.0921 e. The Balaban J connectivity index is 3.92. The topological polar surface area (TPSA) is 0 Å². The Hall–Kier alpha value is 1.92. The number of alkyl halides is 4. The molecule has 0 saturated carbocycles. The Morgan fingerprint density at radius 1 is 1.22 bits per heavy atom. The number of rotatable bonds is 3. The van der Waals surface area contributed by atoms with Crippen molar-refractivity contribution in [1.82, 2.24) is 0 Å². The molecule has 0 aromatic rings. The van der Waals surface area contributed by atoms with E-state index in [0.717, 1.165) is 10.7 Å². The third kappa shape index (κ3) is 3.21. The van der Waals surface area contributed by atoms with Gasteiger partial charge in [0.25, 0.3) is 0 Å². The lowest BCUT2D eigenvalue weighted by molar-refractivity contribution is 0.499. The van der Waals surface area contributed by atoms with Crippen molar-refractivity contribution < 1.29 is 0 Å². The van der Waals surface area contributed by atoms with Gasteiger partial charge in [-0.1, -0.05) is 70.6 Å². The van der Waals surface area contributed by atoms with Crippen LogP contribution in [0.1, 0.15) is 6.92 Å². The lowest BCUT2D eigenvalue weighted by Gasteiger charge is -2.26. The zero-order chi connectivity index (χ0) is 7.49. The van der Waals surface area contributed by atoms with Gasteiger partial charge in [0.05, 0.1) is 3.74 Å². The van der Waals surface area contributed by atoms with Crippen LogP contribution < -0.4 is 0 Å². The molecule has 9 heavy (non-hydrogen) atoms. The number of hydrogen-bond acceptors (Lipinski definition) is 0. The average molecular weight is 388 g/mol. The van der Waals surface area contributed by atoms with Gasteiger partial charge in [0.2, 0.25) is 0 Å². The van der Waals surface area contributed by atoms with E-state index in [1.807, 2.05) is 0 Å². The second-order valence-corrected chi connectivity index (χ2v) is 6.40. The van der Waals surface area contributed by atoms with Crippen molar-refractivity contribution in [1.29, 1.82) is 0 Å². The zero-order valence-electron chi connectivity index (χ0n) is 5.00. The van der Waals surface area contributed by atoms with Crippen LogP contribution in [0.4, 0.5) is 0 Å². The van der Waals surface area contributed by atoms with Gasteiger partial charge in [0, 0.05) is 16.1 Å². The van der Waals surface area contributed by atoms with Crippen molar-refractivity contribution in [2.45, 2.75) is 10.7 Å². The van der Waals surface area contributed by atoms with Gasteiger partial charge < -0.3 is 0 Å². The maximum Gasteiger partial charge on any atom is 0.0767 e. The molecular weight excluding hydrogens is 380 g/mol. The van der Waals surface area contributed by atoms with Gasteiger partial charge in [-0.2, -0.15) is 0 Å². The number of hydrogen-bond donors (Lipinski definition) is 0. The van der Waals surface area contributed by atoms with Crippen molar-refractivity contribution >= 4 is 63.7 Å². The van der Waals surface area contributed by atoms with E-state index in [1.54, 1.807) is 0 Å². The SMILES string of the molecule is CC(CBr)(CBr)C(Br)Br. The molecule has 0 fully saturated rings. The molecule has 0 aliphatic carbocycles. The highest BCUT2D eigenvalue weighted by Crippen LogP contribution is 2.35. The van der Waals surface area contributed by atoms with E-state index in [4.69, 9.17) is 0 Å². The first kappa shape index (κ1) is 10.9. The molecule has 0 rings (SSSR count). The summed E-state index contributed by atoms with van der Waals surface area (Å²) in [6.07, 6.45) is 0. The molecular formula is C5H8Br4. The van der Waals surface area contributed by atoms with Crippen LogP contribution in [0.3, 0.4) is 0 Å². The molecule has 56 valence electrons. The fourth-order valence-corrected chi connectivity index (χ4v) is 4.11. The average Bonchev–Trinajstić information content (AvgIpc) is 1.86. The Morgan fingerprint density at radius 2 is 1.56 bits per heavy atom. The van der Waals surface area contributed by atoms with E-state index >= 15 is 0 Å². The molecule has 0 atom stereocenters. The Kier molecular flexibility index (Phi) is 5.74. The van der Waals surface area contributed by atoms with Crippen molar-refractivity contribution in [3.8, 4) is 0 Å². The highest BCUT2D eigenvalue weighted by Gasteiger charge is 2.28. The van der Waals surface area contributed by atoms with E-state index in [2.05, 4.69) is 70.6 Å². The molecule has 0 aromatic heterocycles. The summed E-state index contributed by atoms with van der Waals surface area (Å²) in [7, 11) is 0. The van der Waals surface area contributed by atoms with Gasteiger partial charge in [-0.05, 0) is 0 Å². The Labute approximate surface area is 89.7 Å². The molecule has 0 amide bonds. The van der Waals surface area contributed by atoms with E-state index < -0.39 is 0 Å². The fourth-order valence-electron chi connectivity index (χ4n) is 0.152. The smallest absolute Gasteiger partial charge is 0.0767 e. The predicted molar refractivity (Wildman–Crippen MR) is 57.3 cm³/mol. The highest BCUT2D eigenvalue weighted by atomic mass is 79.9. The molecule has 0 nitrogen and oxygen atoms in total. The summed E-state index contributed by atoms with van der Waals surface area (Å²) in [5, 5.41) is 1.96. The van der Waals surface area contributed by atoms with Crippen molar-refractivity contribution in [2.24, 2.45) is 5.41 Å². The fraction of sp³-hybridized carbons (Fsp3) is 1.00. The van der Waals surface area contributed by atoms with Crippen LogP contribution >= 0.6 is 63.7 Å². The third-order valence-corrected chi connectivity index (χ3v) is 5.91. The summed E-state index contributed by atoms with van der Waals surface area (Å²) in [5.41, 5.74) is 0.250. The summed E-state index contributed by atoms with van der Waals surface area (Å²) in [5.74, 6) is 0. The quantitative estimate of drug-likeness (QED) is 0.644. The molecule has 0 radical (unpaired) electrons. The molecule has 0 aliphatic rings. The maximum atomic E-state index is 3.47. The van der Waals surface area contributed by atoms with Crippen molar-refractivity contribution in [2.75, 3.05) is 10.7 Å². The Morgan fingerprint density at radius 3 is 1.56 bits per heavy atom. The first-order chi connectivity index (χ1) is 4.06. The highest BCUT2D eigenvalue weighted by molar-refractivity contribution is 9.24. The van der Waals surface area contributed by atoms with Gasteiger partial charge in [0.1, 0.15) is 0 Å². The summed E-state index contributed by atoms with van der Waals surface area (Å²) < 4.78 is 0.358. The summed E-state index contributed by atoms with van der Waals surface area (Å²) in [4.78, 5) is 0. The van der Waals surface area contributed by atoms with Crippen LogP contribution in [0.2, 0.25) is 0 Å².